The SMILES string of the molecule is CC(Cn1ccc2ccccc21)C(=O)O. The van der Waals surface area contributed by atoms with Crippen molar-refractivity contribution in [1.29, 1.82) is 0 Å². The number of rotatable bonds is 3. The Hall–Kier alpha value is -1.77. The first-order valence-electron chi connectivity index (χ1n) is 4.95. The molecule has 0 amide bonds. The Balaban J connectivity index is 2.32. The number of hydrogen-bond donors (Lipinski definition) is 1. The van der Waals surface area contributed by atoms with Gasteiger partial charge in [0.25, 0.3) is 0 Å². The molecule has 3 nitrogen and oxygen atoms in total. The van der Waals surface area contributed by atoms with E-state index in [-0.39, 0.29) is 5.92 Å². The predicted octanol–water partition coefficient (Wildman–Crippen LogP) is 2.36. The third-order valence-corrected chi connectivity index (χ3v) is 2.57. The number of carbonyl (C=O) groups is 1. The summed E-state index contributed by atoms with van der Waals surface area (Å²) in [4.78, 5) is 10.7. The van der Waals surface area contributed by atoms with Gasteiger partial charge in [0.05, 0.1) is 5.92 Å². The second kappa shape index (κ2) is 3.77. The molecule has 0 spiro atoms. The summed E-state index contributed by atoms with van der Waals surface area (Å²) < 4.78 is 1.98. The quantitative estimate of drug-likeness (QED) is 0.832. The minimum Gasteiger partial charge on any atom is -0.481 e. The minimum absolute atomic E-state index is 0.360. The van der Waals surface area contributed by atoms with Crippen LogP contribution < -0.4 is 0 Å². The predicted molar refractivity (Wildman–Crippen MR) is 58.7 cm³/mol. The lowest BCUT2D eigenvalue weighted by molar-refractivity contribution is -0.141. The molecular formula is C12H13NO2. The van der Waals surface area contributed by atoms with Crippen molar-refractivity contribution in [3.63, 3.8) is 0 Å². The van der Waals surface area contributed by atoms with Gasteiger partial charge in [0.1, 0.15) is 0 Å². The molecule has 78 valence electrons. The van der Waals surface area contributed by atoms with Gasteiger partial charge in [0.2, 0.25) is 0 Å². The minimum atomic E-state index is -0.757. The normalized spacial score (nSPS) is 12.9. The number of fused-ring (bicyclic) bond motifs is 1. The van der Waals surface area contributed by atoms with Crippen molar-refractivity contribution in [2.45, 2.75) is 13.5 Å². The summed E-state index contributed by atoms with van der Waals surface area (Å²) in [5.41, 5.74) is 1.09. The number of nitrogens with zero attached hydrogens (tertiary/aromatic N) is 1. The van der Waals surface area contributed by atoms with E-state index in [1.165, 1.54) is 0 Å². The molecule has 0 saturated carbocycles. The zero-order valence-corrected chi connectivity index (χ0v) is 8.55. The van der Waals surface area contributed by atoms with Crippen LogP contribution >= 0.6 is 0 Å². The van der Waals surface area contributed by atoms with Gasteiger partial charge in [-0.1, -0.05) is 25.1 Å². The summed E-state index contributed by atoms with van der Waals surface area (Å²) in [5, 5.41) is 9.99. The highest BCUT2D eigenvalue weighted by Gasteiger charge is 2.12. The van der Waals surface area contributed by atoms with Gasteiger partial charge in [0.15, 0.2) is 0 Å². The van der Waals surface area contributed by atoms with E-state index in [4.69, 9.17) is 5.11 Å². The maximum absolute atomic E-state index is 10.7. The molecule has 1 N–H and O–H groups in total. The van der Waals surface area contributed by atoms with Gasteiger partial charge in [0, 0.05) is 18.3 Å². The fourth-order valence-corrected chi connectivity index (χ4v) is 1.67. The fraction of sp³-hybridized carbons (Fsp3) is 0.250. The summed E-state index contributed by atoms with van der Waals surface area (Å²) in [5.74, 6) is -1.12. The molecular weight excluding hydrogens is 190 g/mol. The van der Waals surface area contributed by atoms with Crippen LogP contribution in [0.15, 0.2) is 36.5 Å². The van der Waals surface area contributed by atoms with Crippen molar-refractivity contribution in [1.82, 2.24) is 4.57 Å². The average Bonchev–Trinajstić information content (AvgIpc) is 2.62. The lowest BCUT2D eigenvalue weighted by Gasteiger charge is -2.08. The largest absolute Gasteiger partial charge is 0.481 e. The van der Waals surface area contributed by atoms with Crippen LogP contribution in [0.1, 0.15) is 6.92 Å². The summed E-state index contributed by atoms with van der Waals surface area (Å²) in [6.07, 6.45) is 1.93. The molecule has 1 heterocycles. The number of carboxylic acid groups (broad SMARTS) is 1. The van der Waals surface area contributed by atoms with Crippen LogP contribution in [0.4, 0.5) is 0 Å². The summed E-state index contributed by atoms with van der Waals surface area (Å²) >= 11 is 0. The van der Waals surface area contributed by atoms with Gasteiger partial charge >= 0.3 is 5.97 Å². The second-order valence-corrected chi connectivity index (χ2v) is 3.77. The maximum atomic E-state index is 10.7. The van der Waals surface area contributed by atoms with Crippen molar-refractivity contribution in [2.75, 3.05) is 0 Å². The molecule has 1 aromatic heterocycles. The third kappa shape index (κ3) is 1.86. The van der Waals surface area contributed by atoms with Crippen LogP contribution in [-0.4, -0.2) is 15.6 Å². The average molecular weight is 203 g/mol. The van der Waals surface area contributed by atoms with Crippen LogP contribution in [0.5, 0.6) is 0 Å². The zero-order chi connectivity index (χ0) is 10.8. The van der Waals surface area contributed by atoms with Gasteiger partial charge in [-0.05, 0) is 17.5 Å². The highest BCUT2D eigenvalue weighted by Crippen LogP contribution is 2.16. The third-order valence-electron chi connectivity index (χ3n) is 2.57. The van der Waals surface area contributed by atoms with Crippen LogP contribution in [0, 0.1) is 5.92 Å². The van der Waals surface area contributed by atoms with Gasteiger partial charge in [-0.15, -0.1) is 0 Å². The van der Waals surface area contributed by atoms with Gasteiger partial charge in [-0.25, -0.2) is 0 Å². The Bertz CT molecular complexity index is 487. The molecule has 1 atom stereocenters. The van der Waals surface area contributed by atoms with Gasteiger partial charge < -0.3 is 9.67 Å². The Morgan fingerprint density at radius 1 is 1.40 bits per heavy atom. The number of aliphatic carboxylic acids is 1. The first-order chi connectivity index (χ1) is 7.18. The number of aromatic nitrogens is 1. The first-order valence-corrected chi connectivity index (χ1v) is 4.95. The molecule has 3 heteroatoms. The molecule has 1 unspecified atom stereocenters. The summed E-state index contributed by atoms with van der Waals surface area (Å²) in [6.45, 7) is 2.24. The molecule has 0 saturated heterocycles. The summed E-state index contributed by atoms with van der Waals surface area (Å²) in [7, 11) is 0. The first kappa shape index (κ1) is 9.77. The Morgan fingerprint density at radius 2 is 2.13 bits per heavy atom. The molecule has 0 fully saturated rings. The smallest absolute Gasteiger partial charge is 0.308 e. The lowest BCUT2D eigenvalue weighted by atomic mass is 10.2. The second-order valence-electron chi connectivity index (χ2n) is 3.77. The van der Waals surface area contributed by atoms with Crippen LogP contribution in [-0.2, 0) is 11.3 Å². The molecule has 2 aromatic rings. The summed E-state index contributed by atoms with van der Waals surface area (Å²) in [6, 6.07) is 9.97. The fourth-order valence-electron chi connectivity index (χ4n) is 1.67. The van der Waals surface area contributed by atoms with E-state index in [9.17, 15) is 4.79 Å². The van der Waals surface area contributed by atoms with Crippen molar-refractivity contribution < 1.29 is 9.90 Å². The van der Waals surface area contributed by atoms with E-state index in [1.807, 2.05) is 41.1 Å². The van der Waals surface area contributed by atoms with E-state index < -0.39 is 5.97 Å². The van der Waals surface area contributed by atoms with E-state index in [0.717, 1.165) is 10.9 Å². The van der Waals surface area contributed by atoms with E-state index >= 15 is 0 Å². The zero-order valence-electron chi connectivity index (χ0n) is 8.55. The lowest BCUT2D eigenvalue weighted by Crippen LogP contribution is -2.15. The van der Waals surface area contributed by atoms with Gasteiger partial charge in [-0.3, -0.25) is 4.79 Å². The molecule has 0 bridgehead atoms. The van der Waals surface area contributed by atoms with Crippen molar-refractivity contribution in [3.8, 4) is 0 Å². The van der Waals surface area contributed by atoms with E-state index in [1.54, 1.807) is 6.92 Å². The topological polar surface area (TPSA) is 42.2 Å². The van der Waals surface area contributed by atoms with Crippen LogP contribution in [0.25, 0.3) is 10.9 Å². The Labute approximate surface area is 87.9 Å². The van der Waals surface area contributed by atoms with Crippen molar-refractivity contribution >= 4 is 16.9 Å². The molecule has 2 rings (SSSR count). The van der Waals surface area contributed by atoms with Crippen molar-refractivity contribution in [3.05, 3.63) is 36.5 Å². The van der Waals surface area contributed by atoms with Crippen LogP contribution in [0.2, 0.25) is 0 Å². The number of carboxylic acids is 1. The van der Waals surface area contributed by atoms with Gasteiger partial charge in [-0.2, -0.15) is 0 Å². The number of hydrogen-bond acceptors (Lipinski definition) is 1. The van der Waals surface area contributed by atoms with Crippen molar-refractivity contribution in [2.24, 2.45) is 5.92 Å². The standard InChI is InChI=1S/C12H13NO2/c1-9(12(14)15)8-13-7-6-10-4-2-3-5-11(10)13/h2-7,9H,8H2,1H3,(H,14,15). The maximum Gasteiger partial charge on any atom is 0.308 e. The van der Waals surface area contributed by atoms with E-state index in [0.29, 0.717) is 6.54 Å². The molecule has 0 aliphatic heterocycles. The monoisotopic (exact) mass is 203 g/mol. The Morgan fingerprint density at radius 3 is 2.87 bits per heavy atom. The molecule has 0 aliphatic rings. The highest BCUT2D eigenvalue weighted by molar-refractivity contribution is 5.80. The molecule has 1 aromatic carbocycles. The number of para-hydroxylation sites is 1. The molecule has 15 heavy (non-hydrogen) atoms. The molecule has 0 aliphatic carbocycles. The molecule has 0 radical (unpaired) electrons. The highest BCUT2D eigenvalue weighted by atomic mass is 16.4. The van der Waals surface area contributed by atoms with Crippen LogP contribution in [0.3, 0.4) is 0 Å². The number of benzene rings is 1. The Kier molecular flexibility index (Phi) is 2.46. The van der Waals surface area contributed by atoms with E-state index in [2.05, 4.69) is 0 Å².